The molecule has 9 heteroatoms. The van der Waals surface area contributed by atoms with Crippen LogP contribution in [0.5, 0.6) is 0 Å². The third kappa shape index (κ3) is 6.06. The molecule has 45 heavy (non-hydrogen) atoms. The number of benzene rings is 1. The van der Waals surface area contributed by atoms with Crippen LogP contribution in [0.3, 0.4) is 0 Å². The van der Waals surface area contributed by atoms with Gasteiger partial charge in [-0.3, -0.25) is 15.0 Å². The first kappa shape index (κ1) is 30.8. The van der Waals surface area contributed by atoms with Crippen molar-refractivity contribution in [2.45, 2.75) is 80.8 Å². The lowest BCUT2D eigenvalue weighted by Gasteiger charge is -2.36. The predicted molar refractivity (Wildman–Crippen MR) is 181 cm³/mol. The van der Waals surface area contributed by atoms with E-state index < -0.39 is 17.8 Å². The number of aliphatic imine (C=N–C) groups is 2. The normalized spacial score (nSPS) is 28.8. The monoisotopic (exact) mass is 647 g/mol. The highest BCUT2D eigenvalue weighted by molar-refractivity contribution is 8.03. The maximum absolute atomic E-state index is 14.7. The van der Waals surface area contributed by atoms with Crippen LogP contribution in [0.1, 0.15) is 69.7 Å². The molecule has 5 nitrogen and oxygen atoms in total. The Balaban J connectivity index is 1.15. The summed E-state index contributed by atoms with van der Waals surface area (Å²) in [6, 6.07) is 10.3. The highest BCUT2D eigenvalue weighted by atomic mass is 35.5. The van der Waals surface area contributed by atoms with E-state index in [9.17, 15) is 8.78 Å². The fraction of sp³-hybridized carbons (Fsp3) is 0.472. The van der Waals surface area contributed by atoms with E-state index in [1.54, 1.807) is 24.8 Å². The summed E-state index contributed by atoms with van der Waals surface area (Å²) in [6.45, 7) is 6.18. The van der Waals surface area contributed by atoms with E-state index in [-0.39, 0.29) is 16.5 Å². The molecule has 0 radical (unpaired) electrons. The fourth-order valence-corrected chi connectivity index (χ4v) is 8.35. The molecular weight excluding hydrogens is 608 g/mol. The van der Waals surface area contributed by atoms with Crippen molar-refractivity contribution in [2.75, 3.05) is 19.6 Å². The summed E-state index contributed by atoms with van der Waals surface area (Å²) in [5.74, 6) is 1.09. The van der Waals surface area contributed by atoms with Gasteiger partial charge in [0.2, 0.25) is 0 Å². The summed E-state index contributed by atoms with van der Waals surface area (Å²) >= 11 is 8.49. The van der Waals surface area contributed by atoms with Crippen LogP contribution >= 0.6 is 23.4 Å². The molecule has 0 spiro atoms. The Morgan fingerprint density at radius 1 is 1.20 bits per heavy atom. The fourth-order valence-electron chi connectivity index (χ4n) is 7.14. The molecule has 5 atom stereocenters. The van der Waals surface area contributed by atoms with E-state index in [2.05, 4.69) is 38.8 Å². The van der Waals surface area contributed by atoms with E-state index in [0.717, 1.165) is 68.0 Å². The van der Waals surface area contributed by atoms with E-state index in [4.69, 9.17) is 21.6 Å². The van der Waals surface area contributed by atoms with Crippen molar-refractivity contribution in [3.05, 3.63) is 99.6 Å². The number of thioether (sulfide) groups is 1. The van der Waals surface area contributed by atoms with E-state index in [1.165, 1.54) is 36.4 Å². The second-order valence-corrected chi connectivity index (χ2v) is 14.8. The highest BCUT2D eigenvalue weighted by Gasteiger charge is 2.45. The van der Waals surface area contributed by atoms with Gasteiger partial charge in [0, 0.05) is 45.7 Å². The van der Waals surface area contributed by atoms with Gasteiger partial charge in [0.15, 0.2) is 0 Å². The molecular formula is C36H40ClF2N5S. The third-order valence-corrected chi connectivity index (χ3v) is 11.6. The summed E-state index contributed by atoms with van der Waals surface area (Å²) in [7, 11) is 0. The van der Waals surface area contributed by atoms with Crippen molar-refractivity contribution in [1.82, 2.24) is 15.2 Å². The number of pyridine rings is 1. The quantitative estimate of drug-likeness (QED) is 0.250. The third-order valence-electron chi connectivity index (χ3n) is 10.2. The molecule has 1 aliphatic carbocycles. The zero-order valence-corrected chi connectivity index (χ0v) is 27.4. The first-order chi connectivity index (χ1) is 21.8. The molecule has 1 aromatic carbocycles. The van der Waals surface area contributed by atoms with Gasteiger partial charge in [-0.2, -0.15) is 0 Å². The molecule has 0 bridgehead atoms. The summed E-state index contributed by atoms with van der Waals surface area (Å²) < 4.78 is 28.9. The first-order valence-electron chi connectivity index (χ1n) is 16.2. The molecule has 1 N–H and O–H groups in total. The van der Waals surface area contributed by atoms with Gasteiger partial charge in [-0.15, -0.1) is 11.8 Å². The van der Waals surface area contributed by atoms with Crippen molar-refractivity contribution in [1.29, 1.82) is 0 Å². The SMILES string of the molecule is CC(F)[C@]1(C)C=CC(C2=C3C[C@H](CCNCCC4(c5ccccn5)CC4)CN3C(C3CC=CS3)=N[C@H]2c2ccc(F)cc2Cl)=N1. The average molecular weight is 648 g/mol. The van der Waals surface area contributed by atoms with Crippen LogP contribution < -0.4 is 5.32 Å². The van der Waals surface area contributed by atoms with Crippen LogP contribution in [0.25, 0.3) is 0 Å². The summed E-state index contributed by atoms with van der Waals surface area (Å²) in [5, 5.41) is 6.43. The van der Waals surface area contributed by atoms with Crippen LogP contribution in [-0.2, 0) is 5.41 Å². The largest absolute Gasteiger partial charge is 0.332 e. The van der Waals surface area contributed by atoms with Crippen LogP contribution in [0.15, 0.2) is 87.5 Å². The molecule has 2 unspecified atom stereocenters. The number of fused-ring (bicyclic) bond motifs is 1. The van der Waals surface area contributed by atoms with Gasteiger partial charge in [0.25, 0.3) is 0 Å². The van der Waals surface area contributed by atoms with Crippen LogP contribution in [0, 0.1) is 11.7 Å². The van der Waals surface area contributed by atoms with Gasteiger partial charge >= 0.3 is 0 Å². The number of hydrogen-bond donors (Lipinski definition) is 1. The minimum Gasteiger partial charge on any atom is -0.332 e. The van der Waals surface area contributed by atoms with Crippen LogP contribution in [0.2, 0.25) is 5.02 Å². The first-order valence-corrected chi connectivity index (χ1v) is 17.5. The lowest BCUT2D eigenvalue weighted by atomic mass is 9.90. The Labute approximate surface area is 274 Å². The van der Waals surface area contributed by atoms with Crippen LogP contribution in [0.4, 0.5) is 8.78 Å². The average Bonchev–Trinajstić information content (AvgIpc) is 3.35. The molecule has 0 amide bonds. The number of amidine groups is 1. The van der Waals surface area contributed by atoms with Crippen LogP contribution in [-0.4, -0.2) is 58.0 Å². The van der Waals surface area contributed by atoms with Gasteiger partial charge in [0.1, 0.15) is 29.4 Å². The topological polar surface area (TPSA) is 52.9 Å². The van der Waals surface area contributed by atoms with Crippen molar-refractivity contribution in [2.24, 2.45) is 15.9 Å². The van der Waals surface area contributed by atoms with Gasteiger partial charge < -0.3 is 10.2 Å². The minimum atomic E-state index is -1.14. The molecule has 4 aliphatic heterocycles. The smallest absolute Gasteiger partial charge is 0.126 e. The maximum Gasteiger partial charge on any atom is 0.126 e. The Bertz CT molecular complexity index is 1590. The summed E-state index contributed by atoms with van der Waals surface area (Å²) in [6.07, 6.45) is 13.1. The van der Waals surface area contributed by atoms with Gasteiger partial charge in [-0.25, -0.2) is 8.78 Å². The van der Waals surface area contributed by atoms with Gasteiger partial charge in [-0.05, 0) is 107 Å². The van der Waals surface area contributed by atoms with Crippen molar-refractivity contribution in [3.63, 3.8) is 0 Å². The van der Waals surface area contributed by atoms with E-state index >= 15 is 0 Å². The lowest BCUT2D eigenvalue weighted by molar-refractivity contribution is 0.269. The number of hydrogen-bond acceptors (Lipinski definition) is 6. The Morgan fingerprint density at radius 3 is 2.76 bits per heavy atom. The number of allylic oxidation sites excluding steroid dienone is 3. The number of nitrogens with one attached hydrogen (secondary N) is 1. The van der Waals surface area contributed by atoms with E-state index in [1.807, 2.05) is 31.3 Å². The molecule has 236 valence electrons. The molecule has 2 aromatic rings. The second kappa shape index (κ2) is 12.4. The highest BCUT2D eigenvalue weighted by Crippen LogP contribution is 2.50. The minimum absolute atomic E-state index is 0.207. The molecule has 2 fully saturated rings. The summed E-state index contributed by atoms with van der Waals surface area (Å²) in [5.41, 5.74) is 4.19. The van der Waals surface area contributed by atoms with Crippen molar-refractivity contribution < 1.29 is 8.78 Å². The Kier molecular flexibility index (Phi) is 8.51. The molecule has 7 rings (SSSR count). The molecule has 1 aromatic heterocycles. The predicted octanol–water partition coefficient (Wildman–Crippen LogP) is 8.15. The van der Waals surface area contributed by atoms with E-state index in [0.29, 0.717) is 10.9 Å². The number of nitrogens with zero attached hydrogens (tertiary/aromatic N) is 4. The number of rotatable bonds is 11. The van der Waals surface area contributed by atoms with Crippen molar-refractivity contribution in [3.8, 4) is 0 Å². The Morgan fingerprint density at radius 2 is 2.07 bits per heavy atom. The van der Waals surface area contributed by atoms with Gasteiger partial charge in [-0.1, -0.05) is 35.9 Å². The lowest BCUT2D eigenvalue weighted by Crippen LogP contribution is -2.39. The molecule has 5 heterocycles. The van der Waals surface area contributed by atoms with Crippen molar-refractivity contribution >= 4 is 34.9 Å². The van der Waals surface area contributed by atoms with Gasteiger partial charge in [0.05, 0.1) is 11.0 Å². The standard InChI is InChI=1S/C36H40ClF2N5S/c1-23(38)35(2)12-10-28(43-35)32-29-20-24(11-17-40-18-15-36(13-14-36)31-7-3-4-16-41-31)22-44(29)34(30-6-5-19-45-30)42-33(32)26-9-8-25(39)21-27(26)37/h3-5,7-10,12,16,19,21,23-24,30,33,40H,6,11,13-15,17-18,20,22H2,1-2H3/t23?,24-,30?,33-,35-/m0/s1. The number of halogens is 3. The zero-order chi connectivity index (χ0) is 31.2. The Hall–Kier alpha value is -2.81. The maximum atomic E-state index is 14.7. The molecule has 1 saturated carbocycles. The second-order valence-electron chi connectivity index (χ2n) is 13.3. The molecule has 5 aliphatic rings. The molecule has 1 saturated heterocycles. The summed E-state index contributed by atoms with van der Waals surface area (Å²) in [4.78, 5) is 17.4. The number of aromatic nitrogens is 1. The zero-order valence-electron chi connectivity index (χ0n) is 25.9. The number of alkyl halides is 1.